The van der Waals surface area contributed by atoms with Crippen LogP contribution in [0.3, 0.4) is 0 Å². The Hall–Kier alpha value is -0.680. The van der Waals surface area contributed by atoms with Crippen molar-refractivity contribution in [3.05, 3.63) is 27.2 Å². The average molecular weight is 268 g/mol. The van der Waals surface area contributed by atoms with Gasteiger partial charge in [0.2, 0.25) is 0 Å². The zero-order valence-electron chi connectivity index (χ0n) is 6.47. The van der Waals surface area contributed by atoms with Crippen molar-refractivity contribution >= 4 is 33.5 Å². The summed E-state index contributed by atoms with van der Waals surface area (Å²) in [6.45, 7) is 0. The minimum atomic E-state index is -0.703. The van der Waals surface area contributed by atoms with Crippen LogP contribution in [0.25, 0.3) is 0 Å². The summed E-state index contributed by atoms with van der Waals surface area (Å²) >= 11 is 8.38. The van der Waals surface area contributed by atoms with E-state index in [0.717, 1.165) is 6.07 Å². The van der Waals surface area contributed by atoms with Crippen molar-refractivity contribution in [2.45, 2.75) is 0 Å². The van der Waals surface area contributed by atoms with Gasteiger partial charge in [-0.3, -0.25) is 0 Å². The van der Waals surface area contributed by atoms with E-state index in [1.807, 2.05) is 0 Å². The van der Waals surface area contributed by atoms with Crippen molar-refractivity contribution in [3.8, 4) is 0 Å². The Kier molecular flexibility index (Phi) is 3.22. The van der Waals surface area contributed by atoms with Crippen molar-refractivity contribution in [2.75, 3.05) is 7.11 Å². The number of hydrogen-bond acceptors (Lipinski definition) is 3. The lowest BCUT2D eigenvalue weighted by Crippen LogP contribution is -2.06. The maximum atomic E-state index is 12.8. The van der Waals surface area contributed by atoms with Gasteiger partial charge in [-0.2, -0.15) is 0 Å². The highest BCUT2D eigenvalue weighted by molar-refractivity contribution is 9.10. The first-order valence-corrected chi connectivity index (χ1v) is 4.33. The van der Waals surface area contributed by atoms with Crippen LogP contribution < -0.4 is 0 Å². The highest BCUT2D eigenvalue weighted by Gasteiger charge is 2.15. The van der Waals surface area contributed by atoms with E-state index in [4.69, 9.17) is 11.6 Å². The average Bonchev–Trinajstić information content (AvgIpc) is 2.10. The molecule has 0 bridgehead atoms. The number of esters is 1. The SMILES string of the molecule is COC(=O)c1nc(Br)c(F)cc1Cl. The number of carbonyl (C=O) groups is 1. The summed E-state index contributed by atoms with van der Waals surface area (Å²) in [6.07, 6.45) is 0. The number of rotatable bonds is 1. The van der Waals surface area contributed by atoms with Crippen LogP contribution in [-0.4, -0.2) is 18.1 Å². The molecule has 13 heavy (non-hydrogen) atoms. The molecular formula is C7H4BrClFNO2. The van der Waals surface area contributed by atoms with Gasteiger partial charge in [-0.1, -0.05) is 11.6 Å². The second-order valence-electron chi connectivity index (χ2n) is 2.08. The molecule has 0 aromatic carbocycles. The van der Waals surface area contributed by atoms with Crippen LogP contribution in [0, 0.1) is 5.82 Å². The Morgan fingerprint density at radius 1 is 1.77 bits per heavy atom. The fraction of sp³-hybridized carbons (Fsp3) is 0.143. The summed E-state index contributed by atoms with van der Waals surface area (Å²) in [5.74, 6) is -1.33. The second kappa shape index (κ2) is 4.02. The van der Waals surface area contributed by atoms with Crippen LogP contribution >= 0.6 is 27.5 Å². The molecule has 1 rings (SSSR count). The van der Waals surface area contributed by atoms with Gasteiger partial charge in [0.1, 0.15) is 4.60 Å². The maximum absolute atomic E-state index is 12.8. The van der Waals surface area contributed by atoms with E-state index in [1.165, 1.54) is 7.11 Å². The van der Waals surface area contributed by atoms with Crippen molar-refractivity contribution < 1.29 is 13.9 Å². The molecule has 1 aromatic heterocycles. The van der Waals surface area contributed by atoms with Gasteiger partial charge >= 0.3 is 5.97 Å². The summed E-state index contributed by atoms with van der Waals surface area (Å²) in [4.78, 5) is 14.6. The van der Waals surface area contributed by atoms with E-state index < -0.39 is 11.8 Å². The van der Waals surface area contributed by atoms with Crippen molar-refractivity contribution in [1.29, 1.82) is 0 Å². The molecule has 0 aliphatic heterocycles. The Morgan fingerprint density at radius 2 is 2.38 bits per heavy atom. The monoisotopic (exact) mass is 267 g/mol. The molecule has 0 saturated heterocycles. The summed E-state index contributed by atoms with van der Waals surface area (Å²) in [5, 5.41) is -0.0763. The van der Waals surface area contributed by atoms with Crippen LogP contribution in [0.5, 0.6) is 0 Å². The first-order chi connectivity index (χ1) is 6.06. The van der Waals surface area contributed by atoms with Crippen LogP contribution in [0.15, 0.2) is 10.7 Å². The number of aromatic nitrogens is 1. The molecule has 0 aliphatic carbocycles. The van der Waals surface area contributed by atoms with Crippen LogP contribution in [0.4, 0.5) is 4.39 Å². The smallest absolute Gasteiger partial charge is 0.358 e. The number of carbonyl (C=O) groups excluding carboxylic acids is 1. The number of methoxy groups -OCH3 is 1. The molecule has 0 radical (unpaired) electrons. The van der Waals surface area contributed by atoms with Crippen LogP contribution in [-0.2, 0) is 4.74 Å². The van der Waals surface area contributed by atoms with E-state index in [1.54, 1.807) is 0 Å². The molecule has 1 aromatic rings. The molecule has 0 fully saturated rings. The number of nitrogens with zero attached hydrogens (tertiary/aromatic N) is 1. The molecule has 3 nitrogen and oxygen atoms in total. The number of hydrogen-bond donors (Lipinski definition) is 0. The summed E-state index contributed by atoms with van der Waals surface area (Å²) in [7, 11) is 1.19. The zero-order chi connectivity index (χ0) is 10.0. The molecule has 0 N–H and O–H groups in total. The molecular weight excluding hydrogens is 264 g/mol. The van der Waals surface area contributed by atoms with E-state index >= 15 is 0 Å². The maximum Gasteiger partial charge on any atom is 0.358 e. The normalized spacial score (nSPS) is 9.85. The molecule has 1 heterocycles. The highest BCUT2D eigenvalue weighted by Crippen LogP contribution is 2.21. The van der Waals surface area contributed by atoms with E-state index in [-0.39, 0.29) is 15.3 Å². The molecule has 0 atom stereocenters. The van der Waals surface area contributed by atoms with Gasteiger partial charge in [0.15, 0.2) is 11.5 Å². The van der Waals surface area contributed by atoms with Gasteiger partial charge in [-0.15, -0.1) is 0 Å². The van der Waals surface area contributed by atoms with Crippen LogP contribution in [0.2, 0.25) is 5.02 Å². The quantitative estimate of drug-likeness (QED) is 0.580. The lowest BCUT2D eigenvalue weighted by atomic mass is 10.3. The minimum absolute atomic E-state index is 0.0719. The van der Waals surface area contributed by atoms with E-state index in [9.17, 15) is 9.18 Å². The Balaban J connectivity index is 3.23. The molecule has 6 heteroatoms. The molecule has 0 amide bonds. The Labute approximate surface area is 87.0 Å². The van der Waals surface area contributed by atoms with Crippen molar-refractivity contribution in [2.24, 2.45) is 0 Å². The molecule has 0 aliphatic rings. The fourth-order valence-corrected chi connectivity index (χ4v) is 1.19. The summed E-state index contributed by atoms with van der Waals surface area (Å²) in [5.41, 5.74) is -0.113. The second-order valence-corrected chi connectivity index (χ2v) is 3.24. The first kappa shape index (κ1) is 10.4. The van der Waals surface area contributed by atoms with E-state index in [0.29, 0.717) is 0 Å². The molecule has 0 unspecified atom stereocenters. The highest BCUT2D eigenvalue weighted by atomic mass is 79.9. The van der Waals surface area contributed by atoms with Gasteiger partial charge in [0.05, 0.1) is 12.1 Å². The van der Waals surface area contributed by atoms with Crippen LogP contribution in [0.1, 0.15) is 10.5 Å². The Morgan fingerprint density at radius 3 is 2.92 bits per heavy atom. The third-order valence-electron chi connectivity index (χ3n) is 1.27. The first-order valence-electron chi connectivity index (χ1n) is 3.16. The predicted molar refractivity (Wildman–Crippen MR) is 48.2 cm³/mol. The van der Waals surface area contributed by atoms with Gasteiger partial charge < -0.3 is 4.74 Å². The molecule has 0 spiro atoms. The number of ether oxygens (including phenoxy) is 1. The predicted octanol–water partition coefficient (Wildman–Crippen LogP) is 2.42. The van der Waals surface area contributed by atoms with Crippen molar-refractivity contribution in [1.82, 2.24) is 4.98 Å². The Bertz CT molecular complexity index is 359. The third-order valence-corrected chi connectivity index (χ3v) is 2.11. The number of halogens is 3. The topological polar surface area (TPSA) is 39.2 Å². The third kappa shape index (κ3) is 2.16. The number of pyridine rings is 1. The van der Waals surface area contributed by atoms with Gasteiger partial charge in [-0.25, -0.2) is 14.2 Å². The largest absolute Gasteiger partial charge is 0.464 e. The summed E-state index contributed by atoms with van der Waals surface area (Å²) < 4.78 is 17.1. The lowest BCUT2D eigenvalue weighted by molar-refractivity contribution is 0.0594. The molecule has 70 valence electrons. The van der Waals surface area contributed by atoms with Crippen molar-refractivity contribution in [3.63, 3.8) is 0 Å². The van der Waals surface area contributed by atoms with Gasteiger partial charge in [0.25, 0.3) is 0 Å². The summed E-state index contributed by atoms with van der Waals surface area (Å²) in [6, 6.07) is 0.991. The fourth-order valence-electron chi connectivity index (χ4n) is 0.684. The molecule has 0 saturated carbocycles. The zero-order valence-corrected chi connectivity index (χ0v) is 8.82. The minimum Gasteiger partial charge on any atom is -0.464 e. The van der Waals surface area contributed by atoms with Gasteiger partial charge in [0, 0.05) is 0 Å². The van der Waals surface area contributed by atoms with E-state index in [2.05, 4.69) is 25.7 Å². The standard InChI is InChI=1S/C7H4BrClFNO2/c1-13-7(12)5-3(9)2-4(10)6(8)11-5/h2H,1H3. The van der Waals surface area contributed by atoms with Gasteiger partial charge in [-0.05, 0) is 22.0 Å². The lowest BCUT2D eigenvalue weighted by Gasteiger charge is -2.01.